The highest BCUT2D eigenvalue weighted by molar-refractivity contribution is 7.92. The number of piperidine rings is 1. The predicted octanol–water partition coefficient (Wildman–Crippen LogP) is 3.24. The molecule has 2 aromatic rings. The van der Waals surface area contributed by atoms with Crippen LogP contribution in [0.5, 0.6) is 5.75 Å². The molecule has 8 heteroatoms. The van der Waals surface area contributed by atoms with Crippen LogP contribution in [-0.2, 0) is 10.0 Å². The van der Waals surface area contributed by atoms with E-state index in [4.69, 9.17) is 4.74 Å². The molecule has 0 radical (unpaired) electrons. The average molecular weight is 418 g/mol. The summed E-state index contributed by atoms with van der Waals surface area (Å²) in [5, 5.41) is 2.66. The van der Waals surface area contributed by atoms with E-state index in [0.717, 1.165) is 18.8 Å². The van der Waals surface area contributed by atoms with Crippen LogP contribution in [0.1, 0.15) is 36.5 Å². The second-order valence-electron chi connectivity index (χ2n) is 6.92. The zero-order chi connectivity index (χ0) is 20.9. The maximum Gasteiger partial charge on any atom is 0.261 e. The normalized spacial score (nSPS) is 14.3. The fraction of sp³-hybridized carbons (Fsp3) is 0.381. The molecule has 0 unspecified atom stereocenters. The lowest BCUT2D eigenvalue weighted by Gasteiger charge is -2.28. The molecule has 2 N–H and O–H groups in total. The Kier molecular flexibility index (Phi) is 6.64. The summed E-state index contributed by atoms with van der Waals surface area (Å²) in [4.78, 5) is 14.5. The summed E-state index contributed by atoms with van der Waals surface area (Å²) in [6.07, 6.45) is 3.62. The highest BCUT2D eigenvalue weighted by atomic mass is 32.2. The van der Waals surface area contributed by atoms with Crippen molar-refractivity contribution in [2.45, 2.75) is 31.1 Å². The molecular weight excluding hydrogens is 390 g/mol. The minimum atomic E-state index is -3.85. The minimum absolute atomic E-state index is 0.000315. The summed E-state index contributed by atoms with van der Waals surface area (Å²) < 4.78 is 33.4. The van der Waals surface area contributed by atoms with Gasteiger partial charge in [0.15, 0.2) is 0 Å². The van der Waals surface area contributed by atoms with Crippen molar-refractivity contribution in [1.82, 2.24) is 5.32 Å². The molecule has 1 aliphatic heterocycles. The summed E-state index contributed by atoms with van der Waals surface area (Å²) in [7, 11) is -2.41. The van der Waals surface area contributed by atoms with E-state index in [9.17, 15) is 13.2 Å². The van der Waals surface area contributed by atoms with Gasteiger partial charge in [-0.25, -0.2) is 8.42 Å². The van der Waals surface area contributed by atoms with Gasteiger partial charge in [0.2, 0.25) is 0 Å². The van der Waals surface area contributed by atoms with E-state index in [1.807, 2.05) is 12.1 Å². The van der Waals surface area contributed by atoms with Crippen LogP contribution in [0, 0.1) is 0 Å². The van der Waals surface area contributed by atoms with Gasteiger partial charge in [-0.1, -0.05) is 0 Å². The largest absolute Gasteiger partial charge is 0.496 e. The molecule has 0 aromatic heterocycles. The van der Waals surface area contributed by atoms with Gasteiger partial charge in [0.1, 0.15) is 5.75 Å². The van der Waals surface area contributed by atoms with Crippen LogP contribution in [0.2, 0.25) is 0 Å². The molecule has 0 spiro atoms. The monoisotopic (exact) mass is 417 g/mol. The maximum absolute atomic E-state index is 12.8. The first-order valence-corrected chi connectivity index (χ1v) is 11.3. The number of carbonyl (C=O) groups excluding carboxylic acids is 1. The van der Waals surface area contributed by atoms with Gasteiger partial charge >= 0.3 is 0 Å². The maximum atomic E-state index is 12.8. The Morgan fingerprint density at radius 3 is 2.38 bits per heavy atom. The molecule has 1 heterocycles. The van der Waals surface area contributed by atoms with E-state index in [0.29, 0.717) is 18.0 Å². The number of benzene rings is 2. The lowest BCUT2D eigenvalue weighted by atomic mass is 10.1. The van der Waals surface area contributed by atoms with Crippen LogP contribution >= 0.6 is 0 Å². The van der Waals surface area contributed by atoms with Gasteiger partial charge in [0.25, 0.3) is 15.9 Å². The van der Waals surface area contributed by atoms with E-state index in [1.165, 1.54) is 44.6 Å². The second kappa shape index (κ2) is 9.17. The highest BCUT2D eigenvalue weighted by Gasteiger charge is 2.20. The highest BCUT2D eigenvalue weighted by Crippen LogP contribution is 2.26. The molecule has 0 saturated carbocycles. The smallest absolute Gasteiger partial charge is 0.261 e. The Labute approximate surface area is 172 Å². The van der Waals surface area contributed by atoms with E-state index < -0.39 is 10.0 Å². The summed E-state index contributed by atoms with van der Waals surface area (Å²) in [6.45, 7) is 4.28. The Morgan fingerprint density at radius 2 is 1.76 bits per heavy atom. The number of nitrogens with one attached hydrogen (secondary N) is 2. The van der Waals surface area contributed by atoms with Crippen LogP contribution < -0.4 is 19.7 Å². The third-order valence-electron chi connectivity index (χ3n) is 4.90. The van der Waals surface area contributed by atoms with Gasteiger partial charge in [-0.05, 0) is 68.7 Å². The lowest BCUT2D eigenvalue weighted by Crippen LogP contribution is -2.29. The number of sulfonamides is 1. The standard InChI is InChI=1S/C21H27N3O4S/c1-3-22-21(25)19-15-18(11-12-20(19)28-2)29(26,27)23-16-7-9-17(10-8-16)24-13-5-4-6-14-24/h7-12,15,23H,3-6,13-14H2,1-2H3,(H,22,25). The van der Waals surface area contributed by atoms with Crippen molar-refractivity contribution in [2.24, 2.45) is 0 Å². The molecule has 1 fully saturated rings. The molecule has 1 amide bonds. The van der Waals surface area contributed by atoms with Crippen LogP contribution in [0.25, 0.3) is 0 Å². The third kappa shape index (κ3) is 5.00. The number of ether oxygens (including phenoxy) is 1. The molecule has 156 valence electrons. The molecule has 29 heavy (non-hydrogen) atoms. The van der Waals surface area contributed by atoms with Crippen LogP contribution in [0.3, 0.4) is 0 Å². The first-order chi connectivity index (χ1) is 13.9. The van der Waals surface area contributed by atoms with Crippen molar-refractivity contribution in [3.63, 3.8) is 0 Å². The van der Waals surface area contributed by atoms with Gasteiger partial charge in [-0.2, -0.15) is 0 Å². The topological polar surface area (TPSA) is 87.7 Å². The zero-order valence-corrected chi connectivity index (χ0v) is 17.6. The molecule has 1 saturated heterocycles. The van der Waals surface area contributed by atoms with Crippen LogP contribution in [-0.4, -0.2) is 41.1 Å². The molecule has 3 rings (SSSR count). The van der Waals surface area contributed by atoms with Crippen molar-refractivity contribution >= 4 is 27.3 Å². The molecule has 0 aliphatic carbocycles. The van der Waals surface area contributed by atoms with E-state index in [-0.39, 0.29) is 16.4 Å². The van der Waals surface area contributed by atoms with Gasteiger partial charge < -0.3 is 15.0 Å². The number of nitrogens with zero attached hydrogens (tertiary/aromatic N) is 1. The van der Waals surface area contributed by atoms with E-state index >= 15 is 0 Å². The molecule has 2 aromatic carbocycles. The van der Waals surface area contributed by atoms with E-state index in [2.05, 4.69) is 14.9 Å². The molecule has 1 aliphatic rings. The first-order valence-electron chi connectivity index (χ1n) is 9.78. The summed E-state index contributed by atoms with van der Waals surface area (Å²) in [5.41, 5.74) is 1.74. The first kappa shape index (κ1) is 21.0. The Hall–Kier alpha value is -2.74. The number of amides is 1. The number of hydrogen-bond acceptors (Lipinski definition) is 5. The zero-order valence-electron chi connectivity index (χ0n) is 16.8. The van der Waals surface area contributed by atoms with Crippen LogP contribution in [0.15, 0.2) is 47.4 Å². The van der Waals surface area contributed by atoms with Crippen molar-refractivity contribution in [1.29, 1.82) is 0 Å². The molecule has 0 bridgehead atoms. The molecule has 7 nitrogen and oxygen atoms in total. The van der Waals surface area contributed by atoms with Crippen molar-refractivity contribution in [3.8, 4) is 5.75 Å². The van der Waals surface area contributed by atoms with Crippen LogP contribution in [0.4, 0.5) is 11.4 Å². The lowest BCUT2D eigenvalue weighted by molar-refractivity contribution is 0.0952. The number of rotatable bonds is 7. The van der Waals surface area contributed by atoms with Crippen molar-refractivity contribution in [3.05, 3.63) is 48.0 Å². The quantitative estimate of drug-likeness (QED) is 0.722. The third-order valence-corrected chi connectivity index (χ3v) is 6.28. The summed E-state index contributed by atoms with van der Waals surface area (Å²) >= 11 is 0. The van der Waals surface area contributed by atoms with Gasteiger partial charge in [0, 0.05) is 31.0 Å². The number of hydrogen-bond donors (Lipinski definition) is 2. The SMILES string of the molecule is CCNC(=O)c1cc(S(=O)(=O)Nc2ccc(N3CCCCC3)cc2)ccc1OC. The number of methoxy groups -OCH3 is 1. The summed E-state index contributed by atoms with van der Waals surface area (Å²) in [5.74, 6) is -0.0620. The Morgan fingerprint density at radius 1 is 1.07 bits per heavy atom. The number of anilines is 2. The van der Waals surface area contributed by atoms with Gasteiger partial charge in [0.05, 0.1) is 17.6 Å². The Bertz CT molecular complexity index is 952. The van der Waals surface area contributed by atoms with Crippen molar-refractivity contribution in [2.75, 3.05) is 36.4 Å². The number of carbonyl (C=O) groups is 1. The average Bonchev–Trinajstić information content (AvgIpc) is 2.74. The van der Waals surface area contributed by atoms with Gasteiger partial charge in [-0.15, -0.1) is 0 Å². The molecule has 0 atom stereocenters. The Balaban J connectivity index is 1.80. The van der Waals surface area contributed by atoms with Crippen molar-refractivity contribution < 1.29 is 17.9 Å². The predicted molar refractivity (Wildman–Crippen MR) is 114 cm³/mol. The fourth-order valence-electron chi connectivity index (χ4n) is 3.39. The molecular formula is C21H27N3O4S. The fourth-order valence-corrected chi connectivity index (χ4v) is 4.48. The minimum Gasteiger partial charge on any atom is -0.496 e. The second-order valence-corrected chi connectivity index (χ2v) is 8.60. The van der Waals surface area contributed by atoms with Gasteiger partial charge in [-0.3, -0.25) is 9.52 Å². The van der Waals surface area contributed by atoms with E-state index in [1.54, 1.807) is 19.1 Å². The summed E-state index contributed by atoms with van der Waals surface area (Å²) in [6, 6.07) is 11.6.